The van der Waals surface area contributed by atoms with Gasteiger partial charge in [-0.2, -0.15) is 9.97 Å². The van der Waals surface area contributed by atoms with E-state index in [9.17, 15) is 4.79 Å². The molecule has 1 atom stereocenters. The van der Waals surface area contributed by atoms with Crippen LogP contribution in [0.25, 0.3) is 27.8 Å². The smallest absolute Gasteiger partial charge is 0.266 e. The third kappa shape index (κ3) is 3.43. The van der Waals surface area contributed by atoms with E-state index >= 15 is 0 Å². The summed E-state index contributed by atoms with van der Waals surface area (Å²) in [5, 5.41) is 3.87. The number of nitrogen functional groups attached to an aromatic ring is 1. The second-order valence-electron chi connectivity index (χ2n) is 7.67. The van der Waals surface area contributed by atoms with Crippen LogP contribution in [0.2, 0.25) is 0 Å². The SMILES string of the molecule is C#Cc1cccc(-n2c(C(C)Nc3nc(N)nc4nc[nH]c34)nc3cccc(C)c3c2=O)c1. The number of hydrogen-bond donors (Lipinski definition) is 3. The fourth-order valence-corrected chi connectivity index (χ4v) is 3.91. The van der Waals surface area contributed by atoms with Gasteiger partial charge in [0.25, 0.3) is 5.56 Å². The number of benzene rings is 2. The molecule has 5 aromatic rings. The van der Waals surface area contributed by atoms with E-state index in [0.29, 0.717) is 45.0 Å². The Hall–Kier alpha value is -4.71. The summed E-state index contributed by atoms with van der Waals surface area (Å²) in [7, 11) is 0. The second-order valence-corrected chi connectivity index (χ2v) is 7.67. The van der Waals surface area contributed by atoms with Crippen molar-refractivity contribution in [1.29, 1.82) is 0 Å². The summed E-state index contributed by atoms with van der Waals surface area (Å²) >= 11 is 0. The van der Waals surface area contributed by atoms with E-state index in [-0.39, 0.29) is 11.5 Å². The van der Waals surface area contributed by atoms with Gasteiger partial charge in [0.05, 0.1) is 29.0 Å². The molecule has 3 heterocycles. The van der Waals surface area contributed by atoms with Crippen molar-refractivity contribution in [2.45, 2.75) is 19.9 Å². The van der Waals surface area contributed by atoms with E-state index in [1.807, 2.05) is 50.2 Å². The van der Waals surface area contributed by atoms with E-state index in [1.165, 1.54) is 6.33 Å². The third-order valence-corrected chi connectivity index (χ3v) is 5.45. The van der Waals surface area contributed by atoms with Gasteiger partial charge in [0.2, 0.25) is 5.95 Å². The van der Waals surface area contributed by atoms with Crippen LogP contribution in [0.5, 0.6) is 0 Å². The molecule has 0 saturated heterocycles. The molecule has 9 heteroatoms. The summed E-state index contributed by atoms with van der Waals surface area (Å²) in [5.74, 6) is 3.67. The van der Waals surface area contributed by atoms with Crippen LogP contribution in [0, 0.1) is 19.3 Å². The lowest BCUT2D eigenvalue weighted by Crippen LogP contribution is -2.28. The first-order valence-electron chi connectivity index (χ1n) is 10.3. The predicted octanol–water partition coefficient (Wildman–Crippen LogP) is 3.10. The number of aromatic nitrogens is 6. The zero-order valence-corrected chi connectivity index (χ0v) is 18.0. The fourth-order valence-electron chi connectivity index (χ4n) is 3.91. The number of aryl methyl sites for hydroxylation is 1. The monoisotopic (exact) mass is 436 g/mol. The zero-order chi connectivity index (χ0) is 23.1. The number of anilines is 2. The van der Waals surface area contributed by atoms with Gasteiger partial charge in [-0.1, -0.05) is 24.1 Å². The first-order chi connectivity index (χ1) is 16.0. The van der Waals surface area contributed by atoms with E-state index in [1.54, 1.807) is 10.6 Å². The summed E-state index contributed by atoms with van der Waals surface area (Å²) in [4.78, 5) is 34.2. The average molecular weight is 436 g/mol. The molecular weight excluding hydrogens is 416 g/mol. The quantitative estimate of drug-likeness (QED) is 0.369. The molecule has 0 radical (unpaired) electrons. The van der Waals surface area contributed by atoms with Crippen molar-refractivity contribution < 1.29 is 0 Å². The van der Waals surface area contributed by atoms with Crippen molar-refractivity contribution in [2.24, 2.45) is 0 Å². The van der Waals surface area contributed by atoms with Gasteiger partial charge in [-0.15, -0.1) is 6.42 Å². The maximum atomic E-state index is 13.7. The third-order valence-electron chi connectivity index (χ3n) is 5.45. The number of nitrogens with one attached hydrogen (secondary N) is 2. The van der Waals surface area contributed by atoms with Crippen molar-refractivity contribution in [1.82, 2.24) is 29.5 Å². The molecule has 0 fully saturated rings. The first kappa shape index (κ1) is 20.2. The molecule has 9 nitrogen and oxygen atoms in total. The lowest BCUT2D eigenvalue weighted by Gasteiger charge is -2.21. The van der Waals surface area contributed by atoms with Crippen LogP contribution in [-0.2, 0) is 0 Å². The molecule has 0 aliphatic heterocycles. The van der Waals surface area contributed by atoms with Crippen LogP contribution < -0.4 is 16.6 Å². The van der Waals surface area contributed by atoms with Crippen LogP contribution in [0.4, 0.5) is 11.8 Å². The summed E-state index contributed by atoms with van der Waals surface area (Å²) < 4.78 is 1.59. The van der Waals surface area contributed by atoms with Crippen LogP contribution in [-0.4, -0.2) is 29.5 Å². The minimum Gasteiger partial charge on any atom is -0.368 e. The summed E-state index contributed by atoms with van der Waals surface area (Å²) in [6, 6.07) is 12.4. The minimum atomic E-state index is -0.432. The molecule has 0 aliphatic rings. The number of aromatic amines is 1. The van der Waals surface area contributed by atoms with Gasteiger partial charge >= 0.3 is 0 Å². The number of rotatable bonds is 4. The summed E-state index contributed by atoms with van der Waals surface area (Å²) in [5.41, 5.74) is 9.49. The van der Waals surface area contributed by atoms with E-state index in [2.05, 4.69) is 31.2 Å². The number of hydrogen-bond acceptors (Lipinski definition) is 7. The lowest BCUT2D eigenvalue weighted by atomic mass is 10.1. The fraction of sp³-hybridized carbons (Fsp3) is 0.125. The van der Waals surface area contributed by atoms with E-state index in [0.717, 1.165) is 5.56 Å². The Morgan fingerprint density at radius 1 is 1.18 bits per heavy atom. The van der Waals surface area contributed by atoms with E-state index in [4.69, 9.17) is 17.1 Å². The minimum absolute atomic E-state index is 0.0884. The Morgan fingerprint density at radius 3 is 2.82 bits per heavy atom. The van der Waals surface area contributed by atoms with Crippen molar-refractivity contribution in [3.05, 3.63) is 76.1 Å². The van der Waals surface area contributed by atoms with Crippen molar-refractivity contribution in [3.8, 4) is 18.0 Å². The number of imidazole rings is 1. The van der Waals surface area contributed by atoms with Gasteiger partial charge in [0.1, 0.15) is 11.3 Å². The van der Waals surface area contributed by atoms with Crippen LogP contribution >= 0.6 is 0 Å². The molecule has 0 spiro atoms. The lowest BCUT2D eigenvalue weighted by molar-refractivity contribution is 0.731. The Balaban J connectivity index is 1.73. The molecule has 5 rings (SSSR count). The van der Waals surface area contributed by atoms with Gasteiger partial charge in [0.15, 0.2) is 11.5 Å². The molecule has 2 aromatic carbocycles. The zero-order valence-electron chi connectivity index (χ0n) is 18.0. The van der Waals surface area contributed by atoms with Gasteiger partial charge in [-0.25, -0.2) is 9.97 Å². The normalized spacial score (nSPS) is 12.0. The topological polar surface area (TPSA) is 127 Å². The molecule has 4 N–H and O–H groups in total. The first-order valence-corrected chi connectivity index (χ1v) is 10.3. The van der Waals surface area contributed by atoms with Crippen LogP contribution in [0.15, 0.2) is 53.6 Å². The highest BCUT2D eigenvalue weighted by molar-refractivity contribution is 5.84. The highest BCUT2D eigenvalue weighted by atomic mass is 16.1. The molecule has 3 aromatic heterocycles. The molecule has 162 valence electrons. The molecule has 33 heavy (non-hydrogen) atoms. The number of nitrogens with zero attached hydrogens (tertiary/aromatic N) is 5. The summed E-state index contributed by atoms with van der Waals surface area (Å²) in [6.07, 6.45) is 7.13. The second kappa shape index (κ2) is 7.76. The maximum Gasteiger partial charge on any atom is 0.266 e. The van der Waals surface area contributed by atoms with Gasteiger partial charge in [-0.05, 0) is 43.7 Å². The Labute approximate surface area is 188 Å². The van der Waals surface area contributed by atoms with Gasteiger partial charge in [0, 0.05) is 5.56 Å². The van der Waals surface area contributed by atoms with Crippen molar-refractivity contribution >= 4 is 33.8 Å². The number of nitrogens with two attached hydrogens (primary N) is 1. The molecular formula is C24H20N8O. The van der Waals surface area contributed by atoms with E-state index < -0.39 is 6.04 Å². The molecule has 0 aliphatic carbocycles. The number of H-pyrrole nitrogens is 1. The van der Waals surface area contributed by atoms with Crippen LogP contribution in [0.1, 0.15) is 29.9 Å². The van der Waals surface area contributed by atoms with Crippen molar-refractivity contribution in [2.75, 3.05) is 11.1 Å². The van der Waals surface area contributed by atoms with Crippen molar-refractivity contribution in [3.63, 3.8) is 0 Å². The Bertz CT molecular complexity index is 1630. The maximum absolute atomic E-state index is 13.7. The standard InChI is InChI=1S/C24H20N8O/c1-4-15-8-6-9-16(11-15)32-22(29-17-10-5-7-13(2)18(17)23(32)33)14(3)28-21-19-20(27-12-26-19)30-24(25)31-21/h1,5-12,14H,2-3H3,(H4,25,26,27,28,30,31). The summed E-state index contributed by atoms with van der Waals surface area (Å²) in [6.45, 7) is 3.79. The van der Waals surface area contributed by atoms with Gasteiger partial charge < -0.3 is 16.0 Å². The largest absolute Gasteiger partial charge is 0.368 e. The molecule has 0 saturated carbocycles. The Morgan fingerprint density at radius 2 is 2.00 bits per heavy atom. The highest BCUT2D eigenvalue weighted by Crippen LogP contribution is 2.25. The van der Waals surface area contributed by atoms with Crippen LogP contribution in [0.3, 0.4) is 0 Å². The molecule has 0 bridgehead atoms. The Kier molecular flexibility index (Phi) is 4.75. The van der Waals surface area contributed by atoms with Gasteiger partial charge in [-0.3, -0.25) is 9.36 Å². The number of terminal acetylenes is 1. The molecule has 1 unspecified atom stereocenters. The molecule has 0 amide bonds. The average Bonchev–Trinajstić information content (AvgIpc) is 3.27. The number of fused-ring (bicyclic) bond motifs is 2. The highest BCUT2D eigenvalue weighted by Gasteiger charge is 2.21. The predicted molar refractivity (Wildman–Crippen MR) is 128 cm³/mol.